The lowest BCUT2D eigenvalue weighted by molar-refractivity contribution is 0.206. The minimum atomic E-state index is 0.280. The lowest BCUT2D eigenvalue weighted by Gasteiger charge is -2.42. The highest BCUT2D eigenvalue weighted by Crippen LogP contribution is 2.49. The van der Waals surface area contributed by atoms with Gasteiger partial charge in [-0.3, -0.25) is 0 Å². The van der Waals surface area contributed by atoms with Gasteiger partial charge >= 0.3 is 0 Å². The normalized spacial score (nSPS) is 23.2. The van der Waals surface area contributed by atoms with E-state index in [4.69, 9.17) is 0 Å². The Balaban J connectivity index is 2.54. The van der Waals surface area contributed by atoms with E-state index in [-0.39, 0.29) is 5.41 Å². The first-order chi connectivity index (χ1) is 8.88. The fourth-order valence-corrected chi connectivity index (χ4v) is 4.18. The van der Waals surface area contributed by atoms with Crippen molar-refractivity contribution in [1.29, 1.82) is 0 Å². The fraction of sp³-hybridized carbons (Fsp3) is 0.647. The first-order valence-electron chi connectivity index (χ1n) is 7.28. The number of aryl methyl sites for hydroxylation is 1. The van der Waals surface area contributed by atoms with Gasteiger partial charge in [-0.15, -0.1) is 11.8 Å². The minimum absolute atomic E-state index is 0.280. The predicted molar refractivity (Wildman–Crippen MR) is 84.2 cm³/mol. The molecule has 0 bridgehead atoms. The van der Waals surface area contributed by atoms with E-state index in [0.29, 0.717) is 11.7 Å². The van der Waals surface area contributed by atoms with Crippen LogP contribution in [0.25, 0.3) is 0 Å². The quantitative estimate of drug-likeness (QED) is 0.749. The van der Waals surface area contributed by atoms with E-state index in [9.17, 15) is 5.11 Å². The summed E-state index contributed by atoms with van der Waals surface area (Å²) < 4.78 is 0. The molecule has 1 aromatic rings. The zero-order valence-electron chi connectivity index (χ0n) is 12.8. The second-order valence-corrected chi connectivity index (χ2v) is 7.62. The van der Waals surface area contributed by atoms with Crippen LogP contribution >= 0.6 is 11.8 Å². The molecule has 1 aromatic carbocycles. The highest BCUT2D eigenvalue weighted by atomic mass is 32.2. The molecule has 0 fully saturated rings. The van der Waals surface area contributed by atoms with Gasteiger partial charge in [0.1, 0.15) is 5.75 Å². The van der Waals surface area contributed by atoms with Gasteiger partial charge < -0.3 is 5.11 Å². The van der Waals surface area contributed by atoms with E-state index in [1.165, 1.54) is 24.0 Å². The molecule has 0 spiro atoms. The zero-order chi connectivity index (χ0) is 14.2. The van der Waals surface area contributed by atoms with Crippen LogP contribution in [0.4, 0.5) is 0 Å². The van der Waals surface area contributed by atoms with Crippen LogP contribution in [0.5, 0.6) is 5.75 Å². The number of benzene rings is 1. The number of aromatic hydroxyl groups is 1. The Bertz CT molecular complexity index is 459. The smallest absolute Gasteiger partial charge is 0.129 e. The number of thioether (sulfide) groups is 1. The van der Waals surface area contributed by atoms with Gasteiger partial charge in [0.15, 0.2) is 0 Å². The molecule has 2 rings (SSSR count). The van der Waals surface area contributed by atoms with Crippen LogP contribution in [0.1, 0.15) is 57.6 Å². The number of phenols is 1. The topological polar surface area (TPSA) is 20.2 Å². The molecule has 0 radical (unpaired) electrons. The molecule has 106 valence electrons. The van der Waals surface area contributed by atoms with Gasteiger partial charge in [0.25, 0.3) is 0 Å². The SMILES string of the molecule is CCC1CCc2cc(O)c(SC)cc2C1C(C)(C)C. The van der Waals surface area contributed by atoms with Crippen LogP contribution in [-0.2, 0) is 6.42 Å². The molecule has 1 aliphatic rings. The van der Waals surface area contributed by atoms with Crippen molar-refractivity contribution in [2.24, 2.45) is 11.3 Å². The van der Waals surface area contributed by atoms with Gasteiger partial charge in [-0.2, -0.15) is 0 Å². The van der Waals surface area contributed by atoms with Gasteiger partial charge in [-0.05, 0) is 59.6 Å². The number of rotatable bonds is 2. The average molecular weight is 278 g/mol. The molecule has 0 heterocycles. The summed E-state index contributed by atoms with van der Waals surface area (Å²) in [5.74, 6) is 1.83. The largest absolute Gasteiger partial charge is 0.507 e. The van der Waals surface area contributed by atoms with Crippen molar-refractivity contribution in [2.45, 2.75) is 57.8 Å². The monoisotopic (exact) mass is 278 g/mol. The Morgan fingerprint density at radius 3 is 2.53 bits per heavy atom. The molecular formula is C17H26OS. The summed E-state index contributed by atoms with van der Waals surface area (Å²) in [6.45, 7) is 9.35. The van der Waals surface area contributed by atoms with Gasteiger partial charge in [0.05, 0.1) is 0 Å². The maximum absolute atomic E-state index is 10.1. The van der Waals surface area contributed by atoms with Crippen molar-refractivity contribution < 1.29 is 5.11 Å². The molecule has 0 amide bonds. The molecule has 2 unspecified atom stereocenters. The fourth-order valence-electron chi connectivity index (χ4n) is 3.67. The third-order valence-corrected chi connectivity index (χ3v) is 5.26. The van der Waals surface area contributed by atoms with Gasteiger partial charge in [-0.25, -0.2) is 0 Å². The lowest BCUT2D eigenvalue weighted by Crippen LogP contribution is -2.30. The van der Waals surface area contributed by atoms with Crippen molar-refractivity contribution in [3.63, 3.8) is 0 Å². The molecule has 0 aliphatic heterocycles. The van der Waals surface area contributed by atoms with Crippen molar-refractivity contribution in [3.8, 4) is 5.75 Å². The number of fused-ring (bicyclic) bond motifs is 1. The predicted octanol–water partition coefficient (Wildman–Crippen LogP) is 5.22. The van der Waals surface area contributed by atoms with Crippen LogP contribution < -0.4 is 0 Å². The number of hydrogen-bond donors (Lipinski definition) is 1. The van der Waals surface area contributed by atoms with Crippen LogP contribution in [-0.4, -0.2) is 11.4 Å². The molecule has 2 heteroatoms. The summed E-state index contributed by atoms with van der Waals surface area (Å²) in [6.07, 6.45) is 5.65. The van der Waals surface area contributed by atoms with E-state index in [1.807, 2.05) is 12.3 Å². The molecule has 0 aromatic heterocycles. The zero-order valence-corrected chi connectivity index (χ0v) is 13.6. The van der Waals surface area contributed by atoms with Crippen LogP contribution in [0.3, 0.4) is 0 Å². The van der Waals surface area contributed by atoms with E-state index in [2.05, 4.69) is 33.8 Å². The summed E-state index contributed by atoms with van der Waals surface area (Å²) in [6, 6.07) is 4.25. The first-order valence-corrected chi connectivity index (χ1v) is 8.50. The van der Waals surface area contributed by atoms with Crippen molar-refractivity contribution in [1.82, 2.24) is 0 Å². The summed E-state index contributed by atoms with van der Waals surface area (Å²) in [7, 11) is 0. The van der Waals surface area contributed by atoms with E-state index < -0.39 is 0 Å². The van der Waals surface area contributed by atoms with Gasteiger partial charge in [0, 0.05) is 4.90 Å². The summed E-state index contributed by atoms with van der Waals surface area (Å²) in [5.41, 5.74) is 3.12. The molecule has 1 N–H and O–H groups in total. The Morgan fingerprint density at radius 1 is 1.32 bits per heavy atom. The molecule has 1 nitrogen and oxygen atoms in total. The summed E-state index contributed by atoms with van der Waals surface area (Å²) in [5, 5.41) is 10.1. The van der Waals surface area contributed by atoms with Gasteiger partial charge in [0.2, 0.25) is 0 Å². The van der Waals surface area contributed by atoms with Gasteiger partial charge in [-0.1, -0.05) is 34.1 Å². The van der Waals surface area contributed by atoms with Crippen molar-refractivity contribution in [3.05, 3.63) is 23.3 Å². The minimum Gasteiger partial charge on any atom is -0.507 e. The standard InChI is InChI=1S/C17H26OS/c1-6-11-7-8-12-9-14(18)15(19-5)10-13(12)16(11)17(2,3)4/h9-11,16,18H,6-8H2,1-5H3. The van der Waals surface area contributed by atoms with E-state index in [1.54, 1.807) is 11.8 Å². The molecule has 1 aliphatic carbocycles. The van der Waals surface area contributed by atoms with Crippen LogP contribution in [0, 0.1) is 11.3 Å². The first kappa shape index (κ1) is 14.8. The molecule has 2 atom stereocenters. The maximum Gasteiger partial charge on any atom is 0.129 e. The molecule has 0 saturated heterocycles. The summed E-state index contributed by atoms with van der Waals surface area (Å²) in [4.78, 5) is 1.02. The molecular weight excluding hydrogens is 252 g/mol. The lowest BCUT2D eigenvalue weighted by atomic mass is 9.63. The third kappa shape index (κ3) is 2.79. The number of hydrogen-bond acceptors (Lipinski definition) is 2. The van der Waals surface area contributed by atoms with E-state index in [0.717, 1.165) is 17.2 Å². The average Bonchev–Trinajstić information content (AvgIpc) is 2.35. The molecule has 19 heavy (non-hydrogen) atoms. The highest BCUT2D eigenvalue weighted by Gasteiger charge is 2.37. The Morgan fingerprint density at radius 2 is 2.00 bits per heavy atom. The maximum atomic E-state index is 10.1. The Labute approximate surface area is 121 Å². The molecule has 0 saturated carbocycles. The van der Waals surface area contributed by atoms with E-state index >= 15 is 0 Å². The number of phenolic OH excluding ortho intramolecular Hbond substituents is 1. The second-order valence-electron chi connectivity index (χ2n) is 6.77. The van der Waals surface area contributed by atoms with Crippen molar-refractivity contribution in [2.75, 3.05) is 6.26 Å². The van der Waals surface area contributed by atoms with Crippen LogP contribution in [0.2, 0.25) is 0 Å². The Kier molecular flexibility index (Phi) is 4.20. The van der Waals surface area contributed by atoms with Crippen molar-refractivity contribution >= 4 is 11.8 Å². The Hall–Kier alpha value is -0.630. The summed E-state index contributed by atoms with van der Waals surface area (Å²) >= 11 is 1.64. The second kappa shape index (κ2) is 5.40. The highest BCUT2D eigenvalue weighted by molar-refractivity contribution is 7.98. The third-order valence-electron chi connectivity index (χ3n) is 4.49. The van der Waals surface area contributed by atoms with Crippen LogP contribution in [0.15, 0.2) is 17.0 Å².